The highest BCUT2D eigenvalue weighted by molar-refractivity contribution is 7.80. The summed E-state index contributed by atoms with van der Waals surface area (Å²) in [5.74, 6) is -1.67. The van der Waals surface area contributed by atoms with E-state index in [0.29, 0.717) is 5.56 Å². The minimum atomic E-state index is -1.03. The molecular formula is C23H35N3O6S. The van der Waals surface area contributed by atoms with Gasteiger partial charge in [-0.2, -0.15) is 12.6 Å². The molecule has 184 valence electrons. The maximum atomic E-state index is 13.4. The molecule has 0 fully saturated rings. The number of likely N-dealkylation sites (N-methyl/N-ethyl adjacent to an activating group) is 1. The minimum Gasteiger partial charge on any atom is -0.468 e. The zero-order valence-electron chi connectivity index (χ0n) is 20.4. The normalized spacial score (nSPS) is 12.8. The monoisotopic (exact) mass is 481 g/mol. The van der Waals surface area contributed by atoms with Crippen molar-refractivity contribution in [2.75, 3.05) is 26.0 Å². The molecule has 1 rings (SSSR count). The summed E-state index contributed by atoms with van der Waals surface area (Å²) in [6.07, 6.45) is -0.760. The molecule has 2 atom stereocenters. The summed E-state index contributed by atoms with van der Waals surface area (Å²) < 4.78 is 9.84. The van der Waals surface area contributed by atoms with Crippen LogP contribution in [0.1, 0.15) is 50.4 Å². The first-order valence-corrected chi connectivity index (χ1v) is 11.3. The molecule has 0 radical (unpaired) electrons. The van der Waals surface area contributed by atoms with Gasteiger partial charge in [0.25, 0.3) is 0 Å². The molecule has 0 heterocycles. The van der Waals surface area contributed by atoms with Crippen molar-refractivity contribution in [1.82, 2.24) is 15.5 Å². The Labute approximate surface area is 201 Å². The van der Waals surface area contributed by atoms with Gasteiger partial charge in [0.1, 0.15) is 24.2 Å². The van der Waals surface area contributed by atoms with Crippen LogP contribution in [0.4, 0.5) is 4.79 Å². The zero-order valence-corrected chi connectivity index (χ0v) is 21.2. The Kier molecular flexibility index (Phi) is 10.7. The number of amides is 3. The second-order valence-corrected chi connectivity index (χ2v) is 8.99. The summed E-state index contributed by atoms with van der Waals surface area (Å²) in [7, 11) is 1.22. The van der Waals surface area contributed by atoms with E-state index >= 15 is 0 Å². The predicted molar refractivity (Wildman–Crippen MR) is 128 cm³/mol. The third-order valence-electron chi connectivity index (χ3n) is 4.55. The van der Waals surface area contributed by atoms with Crippen molar-refractivity contribution in [3.05, 3.63) is 34.9 Å². The van der Waals surface area contributed by atoms with Crippen LogP contribution in [0.5, 0.6) is 0 Å². The molecule has 3 amide bonds. The summed E-state index contributed by atoms with van der Waals surface area (Å²) in [5, 5.41) is 5.06. The summed E-state index contributed by atoms with van der Waals surface area (Å²) in [6, 6.07) is 3.51. The molecule has 9 nitrogen and oxygen atoms in total. The Hall–Kier alpha value is -2.75. The second kappa shape index (κ2) is 12.5. The van der Waals surface area contributed by atoms with Crippen LogP contribution in [0.2, 0.25) is 0 Å². The number of hydrogen-bond acceptors (Lipinski definition) is 7. The van der Waals surface area contributed by atoms with Gasteiger partial charge in [-0.1, -0.05) is 29.3 Å². The number of ether oxygens (including phenoxy) is 2. The van der Waals surface area contributed by atoms with Crippen LogP contribution in [0.3, 0.4) is 0 Å². The van der Waals surface area contributed by atoms with E-state index in [4.69, 9.17) is 4.74 Å². The number of thiol groups is 1. The molecule has 0 aromatic heterocycles. The van der Waals surface area contributed by atoms with Crippen molar-refractivity contribution in [2.45, 2.75) is 59.2 Å². The van der Waals surface area contributed by atoms with Crippen molar-refractivity contribution in [3.63, 3.8) is 0 Å². The largest absolute Gasteiger partial charge is 0.468 e. The number of nitrogens with one attached hydrogen (secondary N) is 2. The number of esters is 1. The molecular weight excluding hydrogens is 446 g/mol. The lowest BCUT2D eigenvalue weighted by Crippen LogP contribution is -2.54. The number of carbonyl (C=O) groups is 4. The first-order chi connectivity index (χ1) is 15.3. The van der Waals surface area contributed by atoms with Crippen LogP contribution in [0, 0.1) is 13.8 Å². The van der Waals surface area contributed by atoms with Gasteiger partial charge in [-0.15, -0.1) is 0 Å². The van der Waals surface area contributed by atoms with Crippen molar-refractivity contribution in [2.24, 2.45) is 0 Å². The topological polar surface area (TPSA) is 114 Å². The van der Waals surface area contributed by atoms with Crippen LogP contribution in [0.15, 0.2) is 18.2 Å². The van der Waals surface area contributed by atoms with Gasteiger partial charge in [-0.05, 0) is 47.1 Å². The summed E-state index contributed by atoms with van der Waals surface area (Å²) in [4.78, 5) is 51.7. The van der Waals surface area contributed by atoms with Gasteiger partial charge in [0.2, 0.25) is 11.8 Å². The average Bonchev–Trinajstić information content (AvgIpc) is 2.71. The number of alkyl carbamates (subject to hydrolysis) is 1. The molecule has 0 saturated carbocycles. The molecule has 33 heavy (non-hydrogen) atoms. The highest BCUT2D eigenvalue weighted by Crippen LogP contribution is 2.25. The average molecular weight is 482 g/mol. The molecule has 0 bridgehead atoms. The van der Waals surface area contributed by atoms with E-state index in [0.717, 1.165) is 11.1 Å². The number of benzene rings is 1. The van der Waals surface area contributed by atoms with Crippen LogP contribution in [-0.4, -0.2) is 66.4 Å². The SMILES string of the molecule is CCN(C(=O)C(CS)NC(=O)OC(C)(C)C)C(C(=O)NCC(=O)OC)c1cc(C)cc(C)c1. The first kappa shape index (κ1) is 28.3. The first-order valence-electron chi connectivity index (χ1n) is 10.7. The van der Waals surface area contributed by atoms with E-state index in [1.54, 1.807) is 27.7 Å². The van der Waals surface area contributed by atoms with Gasteiger partial charge in [-0.3, -0.25) is 14.4 Å². The van der Waals surface area contributed by atoms with Gasteiger partial charge in [0.15, 0.2) is 0 Å². The fourth-order valence-electron chi connectivity index (χ4n) is 3.27. The van der Waals surface area contributed by atoms with E-state index in [1.807, 2.05) is 32.0 Å². The second-order valence-electron chi connectivity index (χ2n) is 8.62. The molecule has 0 aliphatic rings. The molecule has 0 aliphatic heterocycles. The van der Waals surface area contributed by atoms with Gasteiger partial charge in [0.05, 0.1) is 7.11 Å². The fourth-order valence-corrected chi connectivity index (χ4v) is 3.52. The third-order valence-corrected chi connectivity index (χ3v) is 4.91. The van der Waals surface area contributed by atoms with Gasteiger partial charge >= 0.3 is 12.1 Å². The van der Waals surface area contributed by atoms with E-state index < -0.39 is 41.6 Å². The summed E-state index contributed by atoms with van der Waals surface area (Å²) >= 11 is 4.22. The van der Waals surface area contributed by atoms with Crippen LogP contribution in [0.25, 0.3) is 0 Å². The fraction of sp³-hybridized carbons (Fsp3) is 0.565. The molecule has 1 aromatic rings. The lowest BCUT2D eigenvalue weighted by atomic mass is 9.98. The maximum Gasteiger partial charge on any atom is 0.408 e. The number of nitrogens with zero attached hydrogens (tertiary/aromatic N) is 1. The van der Waals surface area contributed by atoms with Gasteiger partial charge in [0, 0.05) is 12.3 Å². The van der Waals surface area contributed by atoms with E-state index in [9.17, 15) is 19.2 Å². The minimum absolute atomic E-state index is 0.00206. The van der Waals surface area contributed by atoms with Crippen molar-refractivity contribution in [1.29, 1.82) is 0 Å². The Balaban J connectivity index is 3.30. The Morgan fingerprint density at radius 3 is 2.12 bits per heavy atom. The van der Waals surface area contributed by atoms with Gasteiger partial charge in [-0.25, -0.2) is 4.79 Å². The third kappa shape index (κ3) is 8.95. The van der Waals surface area contributed by atoms with Crippen molar-refractivity contribution < 1.29 is 28.7 Å². The highest BCUT2D eigenvalue weighted by atomic mass is 32.1. The van der Waals surface area contributed by atoms with Crippen molar-refractivity contribution in [3.8, 4) is 0 Å². The number of rotatable bonds is 9. The lowest BCUT2D eigenvalue weighted by Gasteiger charge is -2.33. The standard InChI is InChI=1S/C23H35N3O6S/c1-8-26(21(29)17(13-33)25-22(30)32-23(4,5)6)19(20(28)24-12-18(27)31-7)16-10-14(2)9-15(3)11-16/h9-11,17,19,33H,8,12-13H2,1-7H3,(H,24,28)(H,25,30). The van der Waals surface area contributed by atoms with Gasteiger partial charge < -0.3 is 25.0 Å². The van der Waals surface area contributed by atoms with E-state index in [1.165, 1.54) is 12.0 Å². The smallest absolute Gasteiger partial charge is 0.408 e. The summed E-state index contributed by atoms with van der Waals surface area (Å²) in [5.41, 5.74) is 1.67. The molecule has 1 aromatic carbocycles. The Morgan fingerprint density at radius 1 is 1.09 bits per heavy atom. The van der Waals surface area contributed by atoms with Crippen LogP contribution < -0.4 is 10.6 Å². The lowest BCUT2D eigenvalue weighted by molar-refractivity contribution is -0.144. The quantitative estimate of drug-likeness (QED) is 0.368. The molecule has 2 unspecified atom stereocenters. The molecule has 10 heteroatoms. The van der Waals surface area contributed by atoms with E-state index in [-0.39, 0.29) is 18.8 Å². The highest BCUT2D eigenvalue weighted by Gasteiger charge is 2.35. The number of carbonyl (C=O) groups excluding carboxylic acids is 4. The molecule has 0 aliphatic carbocycles. The molecule has 0 spiro atoms. The maximum absolute atomic E-state index is 13.4. The number of methoxy groups -OCH3 is 1. The number of hydrogen-bond donors (Lipinski definition) is 3. The Morgan fingerprint density at radius 2 is 1.67 bits per heavy atom. The number of aryl methyl sites for hydroxylation is 2. The molecule has 0 saturated heterocycles. The van der Waals surface area contributed by atoms with Crippen molar-refractivity contribution >= 4 is 36.5 Å². The zero-order chi connectivity index (χ0) is 25.3. The Bertz CT molecular complexity index is 848. The summed E-state index contributed by atoms with van der Waals surface area (Å²) in [6.45, 7) is 10.5. The van der Waals surface area contributed by atoms with Crippen LogP contribution >= 0.6 is 12.6 Å². The molecule has 2 N–H and O–H groups in total. The van der Waals surface area contributed by atoms with Crippen LogP contribution in [-0.2, 0) is 23.9 Å². The predicted octanol–water partition coefficient (Wildman–Crippen LogP) is 2.31. The van der Waals surface area contributed by atoms with E-state index in [2.05, 4.69) is 28.0 Å².